The van der Waals surface area contributed by atoms with Gasteiger partial charge in [-0.2, -0.15) is 4.52 Å². The standard InChI is InChI=1S/C14H21N5O/c1-9-16-17-12-7-6-11(18-19(9)12)15-10-8-14(4,20-5)13(10,2)3/h6-7,10H,8H2,1-5H3,(H,15,18)/t10-,14+/m0/s1. The summed E-state index contributed by atoms with van der Waals surface area (Å²) in [4.78, 5) is 0. The van der Waals surface area contributed by atoms with E-state index in [1.54, 1.807) is 11.6 Å². The lowest BCUT2D eigenvalue weighted by Gasteiger charge is -2.59. The van der Waals surface area contributed by atoms with E-state index < -0.39 is 0 Å². The lowest BCUT2D eigenvalue weighted by Crippen LogP contribution is -2.65. The lowest BCUT2D eigenvalue weighted by atomic mass is 9.56. The number of rotatable bonds is 3. The van der Waals surface area contributed by atoms with Gasteiger partial charge in [0.15, 0.2) is 11.5 Å². The molecule has 6 heteroatoms. The fraction of sp³-hybridized carbons (Fsp3) is 0.643. The van der Waals surface area contributed by atoms with E-state index in [0.717, 1.165) is 23.7 Å². The third kappa shape index (κ3) is 1.71. The second-order valence-corrected chi connectivity index (χ2v) is 6.29. The number of nitrogens with zero attached hydrogens (tertiary/aromatic N) is 4. The smallest absolute Gasteiger partial charge is 0.178 e. The van der Waals surface area contributed by atoms with Gasteiger partial charge in [0.25, 0.3) is 0 Å². The van der Waals surface area contributed by atoms with Crippen LogP contribution in [0.25, 0.3) is 5.65 Å². The van der Waals surface area contributed by atoms with Crippen LogP contribution in [0.1, 0.15) is 33.0 Å². The van der Waals surface area contributed by atoms with Crippen molar-refractivity contribution in [3.63, 3.8) is 0 Å². The van der Waals surface area contributed by atoms with E-state index in [2.05, 4.69) is 41.4 Å². The molecule has 20 heavy (non-hydrogen) atoms. The van der Waals surface area contributed by atoms with Crippen molar-refractivity contribution in [2.75, 3.05) is 12.4 Å². The van der Waals surface area contributed by atoms with Crippen molar-refractivity contribution in [1.82, 2.24) is 19.8 Å². The van der Waals surface area contributed by atoms with Crippen LogP contribution in [-0.4, -0.2) is 38.6 Å². The van der Waals surface area contributed by atoms with Crippen LogP contribution in [0.2, 0.25) is 0 Å². The Morgan fingerprint density at radius 1 is 1.30 bits per heavy atom. The molecule has 0 spiro atoms. The lowest BCUT2D eigenvalue weighted by molar-refractivity contribution is -0.166. The first kappa shape index (κ1) is 13.3. The topological polar surface area (TPSA) is 64.3 Å². The van der Waals surface area contributed by atoms with Gasteiger partial charge in [-0.3, -0.25) is 0 Å². The highest BCUT2D eigenvalue weighted by Crippen LogP contribution is 2.52. The van der Waals surface area contributed by atoms with E-state index in [4.69, 9.17) is 4.74 Å². The maximum absolute atomic E-state index is 5.65. The minimum atomic E-state index is -0.0821. The van der Waals surface area contributed by atoms with Crippen molar-refractivity contribution in [2.45, 2.75) is 45.8 Å². The summed E-state index contributed by atoms with van der Waals surface area (Å²) < 4.78 is 7.40. The van der Waals surface area contributed by atoms with Crippen LogP contribution in [0.5, 0.6) is 0 Å². The van der Waals surface area contributed by atoms with Crippen molar-refractivity contribution >= 4 is 11.5 Å². The summed E-state index contributed by atoms with van der Waals surface area (Å²) in [6, 6.07) is 4.22. The molecule has 0 unspecified atom stereocenters. The molecule has 0 saturated heterocycles. The number of anilines is 1. The van der Waals surface area contributed by atoms with Gasteiger partial charge in [-0.25, -0.2) is 0 Å². The molecular weight excluding hydrogens is 254 g/mol. The van der Waals surface area contributed by atoms with E-state index in [1.165, 1.54) is 0 Å². The Morgan fingerprint density at radius 3 is 2.70 bits per heavy atom. The first-order valence-corrected chi connectivity index (χ1v) is 6.88. The van der Waals surface area contributed by atoms with Crippen LogP contribution >= 0.6 is 0 Å². The molecule has 2 atom stereocenters. The highest BCUT2D eigenvalue weighted by molar-refractivity contribution is 5.45. The molecule has 2 heterocycles. The zero-order chi connectivity index (χ0) is 14.5. The van der Waals surface area contributed by atoms with Gasteiger partial charge in [-0.05, 0) is 32.4 Å². The van der Waals surface area contributed by atoms with Crippen LogP contribution in [0.4, 0.5) is 5.82 Å². The number of hydrogen-bond donors (Lipinski definition) is 1. The SMILES string of the molecule is CO[C@]1(C)C[C@H](Nc2ccc3nnc(C)n3n2)C1(C)C. The summed E-state index contributed by atoms with van der Waals surface area (Å²) in [5, 5.41) is 16.1. The van der Waals surface area contributed by atoms with Crippen molar-refractivity contribution in [1.29, 1.82) is 0 Å². The molecule has 1 fully saturated rings. The molecule has 6 nitrogen and oxygen atoms in total. The van der Waals surface area contributed by atoms with Gasteiger partial charge in [-0.15, -0.1) is 15.3 Å². The molecule has 0 amide bonds. The molecule has 1 N–H and O–H groups in total. The summed E-state index contributed by atoms with van der Waals surface area (Å²) in [7, 11) is 1.78. The highest BCUT2D eigenvalue weighted by Gasteiger charge is 2.57. The van der Waals surface area contributed by atoms with Gasteiger partial charge < -0.3 is 10.1 Å². The van der Waals surface area contributed by atoms with Gasteiger partial charge in [0.1, 0.15) is 5.82 Å². The van der Waals surface area contributed by atoms with Gasteiger partial charge in [0.2, 0.25) is 0 Å². The maximum atomic E-state index is 5.65. The Labute approximate surface area is 118 Å². The quantitative estimate of drug-likeness (QED) is 0.928. The zero-order valence-electron chi connectivity index (χ0n) is 12.6. The van der Waals surface area contributed by atoms with Crippen LogP contribution in [-0.2, 0) is 4.74 Å². The summed E-state index contributed by atoms with van der Waals surface area (Å²) in [6.07, 6.45) is 0.970. The second kappa shape index (κ2) is 4.15. The molecule has 0 aliphatic heterocycles. The van der Waals surface area contributed by atoms with Crippen molar-refractivity contribution in [2.24, 2.45) is 5.41 Å². The number of nitrogens with one attached hydrogen (secondary N) is 1. The van der Waals surface area contributed by atoms with E-state index in [0.29, 0.717) is 6.04 Å². The van der Waals surface area contributed by atoms with E-state index >= 15 is 0 Å². The summed E-state index contributed by atoms with van der Waals surface area (Å²) >= 11 is 0. The number of fused-ring (bicyclic) bond motifs is 1. The molecule has 0 aromatic carbocycles. The van der Waals surface area contributed by atoms with Crippen LogP contribution < -0.4 is 5.32 Å². The number of aryl methyl sites for hydroxylation is 1. The predicted octanol–water partition coefficient (Wildman–Crippen LogP) is 2.05. The Hall–Kier alpha value is -1.69. The van der Waals surface area contributed by atoms with Crippen LogP contribution in [0.3, 0.4) is 0 Å². The third-order valence-electron chi connectivity index (χ3n) is 5.02. The number of hydrogen-bond acceptors (Lipinski definition) is 5. The Bertz CT molecular complexity index is 650. The van der Waals surface area contributed by atoms with Crippen molar-refractivity contribution < 1.29 is 4.74 Å². The molecular formula is C14H21N5O. The van der Waals surface area contributed by atoms with E-state index in [-0.39, 0.29) is 11.0 Å². The number of methoxy groups -OCH3 is 1. The summed E-state index contributed by atoms with van der Waals surface area (Å²) in [5.41, 5.74) is 0.740. The Balaban J connectivity index is 1.83. The van der Waals surface area contributed by atoms with E-state index in [9.17, 15) is 0 Å². The fourth-order valence-corrected chi connectivity index (χ4v) is 2.87. The van der Waals surface area contributed by atoms with Crippen molar-refractivity contribution in [3.8, 4) is 0 Å². The van der Waals surface area contributed by atoms with Crippen molar-refractivity contribution in [3.05, 3.63) is 18.0 Å². The van der Waals surface area contributed by atoms with Gasteiger partial charge in [0.05, 0.1) is 5.60 Å². The second-order valence-electron chi connectivity index (χ2n) is 6.29. The van der Waals surface area contributed by atoms with Gasteiger partial charge in [0, 0.05) is 18.6 Å². The molecule has 1 aliphatic carbocycles. The normalized spacial score (nSPS) is 28.4. The molecule has 0 radical (unpaired) electrons. The molecule has 1 saturated carbocycles. The zero-order valence-corrected chi connectivity index (χ0v) is 12.6. The van der Waals surface area contributed by atoms with Crippen LogP contribution in [0.15, 0.2) is 12.1 Å². The molecule has 2 aromatic rings. The first-order chi connectivity index (χ1) is 9.37. The molecule has 1 aliphatic rings. The maximum Gasteiger partial charge on any atom is 0.178 e. The fourth-order valence-electron chi connectivity index (χ4n) is 2.87. The monoisotopic (exact) mass is 275 g/mol. The summed E-state index contributed by atoms with van der Waals surface area (Å²) in [6.45, 7) is 8.50. The average molecular weight is 275 g/mol. The number of ether oxygens (including phenoxy) is 1. The highest BCUT2D eigenvalue weighted by atomic mass is 16.5. The largest absolute Gasteiger partial charge is 0.378 e. The van der Waals surface area contributed by atoms with Crippen LogP contribution in [0, 0.1) is 12.3 Å². The third-order valence-corrected chi connectivity index (χ3v) is 5.02. The van der Waals surface area contributed by atoms with Gasteiger partial charge in [-0.1, -0.05) is 13.8 Å². The van der Waals surface area contributed by atoms with Gasteiger partial charge >= 0.3 is 0 Å². The predicted molar refractivity (Wildman–Crippen MR) is 76.7 cm³/mol. The molecule has 2 aromatic heterocycles. The summed E-state index contributed by atoms with van der Waals surface area (Å²) in [5.74, 6) is 1.63. The minimum Gasteiger partial charge on any atom is -0.378 e. The molecule has 108 valence electrons. The number of aromatic nitrogens is 4. The average Bonchev–Trinajstić information content (AvgIpc) is 2.79. The minimum absolute atomic E-state index is 0.0562. The molecule has 0 bridgehead atoms. The molecule has 3 rings (SSSR count). The Kier molecular flexibility index (Phi) is 2.76. The van der Waals surface area contributed by atoms with E-state index in [1.807, 2.05) is 19.1 Å². The Morgan fingerprint density at radius 2 is 2.05 bits per heavy atom. The first-order valence-electron chi connectivity index (χ1n) is 6.88.